The molecule has 8 nitrogen and oxygen atoms in total. The maximum absolute atomic E-state index is 12.9. The van der Waals surface area contributed by atoms with Gasteiger partial charge in [-0.3, -0.25) is 0 Å². The van der Waals surface area contributed by atoms with Crippen molar-refractivity contribution < 1.29 is 13.2 Å². The molecule has 1 aliphatic heterocycles. The highest BCUT2D eigenvalue weighted by molar-refractivity contribution is 7.92. The Morgan fingerprint density at radius 1 is 1.18 bits per heavy atom. The summed E-state index contributed by atoms with van der Waals surface area (Å²) < 4.78 is 32.4. The molecular formula is C18H21N5O3S2. The number of morpholine rings is 1. The molecule has 0 saturated carbocycles. The molecule has 1 aliphatic rings. The first kappa shape index (κ1) is 19.2. The van der Waals surface area contributed by atoms with Crippen molar-refractivity contribution in [1.29, 1.82) is 0 Å². The molecule has 0 amide bonds. The van der Waals surface area contributed by atoms with Gasteiger partial charge < -0.3 is 9.64 Å². The van der Waals surface area contributed by atoms with Gasteiger partial charge in [0.1, 0.15) is 21.6 Å². The van der Waals surface area contributed by atoms with Gasteiger partial charge in [-0.05, 0) is 25.0 Å². The second-order valence-electron chi connectivity index (χ2n) is 6.59. The summed E-state index contributed by atoms with van der Waals surface area (Å²) in [4.78, 5) is 19.5. The average molecular weight is 420 g/mol. The van der Waals surface area contributed by atoms with Crippen LogP contribution in [0.25, 0.3) is 10.2 Å². The Labute approximate surface area is 167 Å². The second-order valence-corrected chi connectivity index (χ2v) is 9.86. The first-order chi connectivity index (χ1) is 13.5. The number of nitrogens with zero attached hydrogens (tertiary/aromatic N) is 5. The molecule has 0 unspecified atom stereocenters. The predicted octanol–water partition coefficient (Wildman–Crippen LogP) is 2.16. The molecule has 3 aromatic heterocycles. The molecule has 10 heteroatoms. The Balaban J connectivity index is 1.69. The summed E-state index contributed by atoms with van der Waals surface area (Å²) in [5.74, 6) is 1.46. The van der Waals surface area contributed by atoms with Gasteiger partial charge in [-0.15, -0.1) is 11.3 Å². The van der Waals surface area contributed by atoms with E-state index in [1.165, 1.54) is 11.3 Å². The number of aromatic nitrogens is 4. The number of anilines is 1. The quantitative estimate of drug-likeness (QED) is 0.620. The number of sulfone groups is 1. The van der Waals surface area contributed by atoms with Crippen molar-refractivity contribution in [2.45, 2.75) is 30.2 Å². The van der Waals surface area contributed by atoms with Crippen molar-refractivity contribution in [3.05, 3.63) is 35.7 Å². The Morgan fingerprint density at radius 3 is 2.57 bits per heavy atom. The van der Waals surface area contributed by atoms with E-state index in [2.05, 4.69) is 24.8 Å². The topological polar surface area (TPSA) is 98.2 Å². The Hall–Kier alpha value is -2.17. The molecule has 0 spiro atoms. The third-order valence-corrected chi connectivity index (χ3v) is 7.84. The Morgan fingerprint density at radius 2 is 1.89 bits per heavy atom. The van der Waals surface area contributed by atoms with Crippen LogP contribution in [-0.4, -0.2) is 54.7 Å². The van der Waals surface area contributed by atoms with Crippen molar-refractivity contribution in [3.8, 4) is 0 Å². The van der Waals surface area contributed by atoms with Crippen LogP contribution in [0.4, 0.5) is 5.82 Å². The van der Waals surface area contributed by atoms with Gasteiger partial charge in [0.05, 0.1) is 23.4 Å². The fourth-order valence-electron chi connectivity index (χ4n) is 3.03. The monoisotopic (exact) mass is 419 g/mol. The van der Waals surface area contributed by atoms with Crippen LogP contribution < -0.4 is 4.90 Å². The van der Waals surface area contributed by atoms with Gasteiger partial charge in [-0.2, -0.15) is 0 Å². The molecule has 0 bridgehead atoms. The van der Waals surface area contributed by atoms with E-state index in [9.17, 15) is 8.42 Å². The normalized spacial score (nSPS) is 15.3. The van der Waals surface area contributed by atoms with Crippen LogP contribution in [0.1, 0.15) is 24.1 Å². The van der Waals surface area contributed by atoms with E-state index in [1.807, 2.05) is 13.8 Å². The van der Waals surface area contributed by atoms with Crippen molar-refractivity contribution in [2.24, 2.45) is 0 Å². The number of ether oxygens (including phenoxy) is 1. The molecule has 4 rings (SSSR count). The SMILES string of the molecule is CCc1cnc(CS(=O)(=O)c2cc3nc(C)nc(N4CCOCC4)c3s2)nc1. The lowest BCUT2D eigenvalue weighted by atomic mass is 10.3. The van der Waals surface area contributed by atoms with E-state index >= 15 is 0 Å². The average Bonchev–Trinajstić information content (AvgIpc) is 3.13. The number of fused-ring (bicyclic) bond motifs is 1. The van der Waals surface area contributed by atoms with Crippen LogP contribution in [0.15, 0.2) is 22.7 Å². The van der Waals surface area contributed by atoms with Crippen molar-refractivity contribution >= 4 is 37.2 Å². The Kier molecular flexibility index (Phi) is 5.26. The zero-order chi connectivity index (χ0) is 19.7. The van der Waals surface area contributed by atoms with Crippen LogP contribution in [0.2, 0.25) is 0 Å². The molecule has 28 heavy (non-hydrogen) atoms. The maximum Gasteiger partial charge on any atom is 0.195 e. The van der Waals surface area contributed by atoms with Crippen LogP contribution in [0.5, 0.6) is 0 Å². The zero-order valence-corrected chi connectivity index (χ0v) is 17.4. The molecule has 0 aliphatic carbocycles. The van der Waals surface area contributed by atoms with Crippen LogP contribution in [0, 0.1) is 6.92 Å². The minimum absolute atomic E-state index is 0.233. The molecule has 148 valence electrons. The summed E-state index contributed by atoms with van der Waals surface area (Å²) in [5, 5.41) is 0. The second kappa shape index (κ2) is 7.69. The highest BCUT2D eigenvalue weighted by Crippen LogP contribution is 2.35. The third kappa shape index (κ3) is 3.85. The number of rotatable bonds is 5. The van der Waals surface area contributed by atoms with E-state index in [1.54, 1.807) is 18.5 Å². The standard InChI is InChI=1S/C18H21N5O3S2/c1-3-13-9-19-15(20-10-13)11-28(24,25)16-8-14-17(27-16)18(22-12(2)21-14)23-4-6-26-7-5-23/h8-10H,3-7,11H2,1-2H3. The number of thiophene rings is 1. The van der Waals surface area contributed by atoms with Crippen molar-refractivity contribution in [2.75, 3.05) is 31.2 Å². The molecule has 3 aromatic rings. The first-order valence-electron chi connectivity index (χ1n) is 9.09. The van der Waals surface area contributed by atoms with E-state index in [4.69, 9.17) is 4.74 Å². The molecule has 0 aromatic carbocycles. The molecule has 0 N–H and O–H groups in total. The Bertz CT molecular complexity index is 1090. The van der Waals surface area contributed by atoms with Gasteiger partial charge in [-0.1, -0.05) is 6.92 Å². The zero-order valence-electron chi connectivity index (χ0n) is 15.8. The van der Waals surface area contributed by atoms with Gasteiger partial charge in [0.15, 0.2) is 15.7 Å². The summed E-state index contributed by atoms with van der Waals surface area (Å²) in [7, 11) is -3.57. The van der Waals surface area contributed by atoms with Gasteiger partial charge in [0.2, 0.25) is 0 Å². The fourth-order valence-corrected chi connectivity index (χ4v) is 5.73. The van der Waals surface area contributed by atoms with Gasteiger partial charge >= 0.3 is 0 Å². The van der Waals surface area contributed by atoms with E-state index in [-0.39, 0.29) is 9.96 Å². The predicted molar refractivity (Wildman–Crippen MR) is 107 cm³/mol. The highest BCUT2D eigenvalue weighted by atomic mass is 32.2. The number of hydrogen-bond donors (Lipinski definition) is 0. The molecule has 0 atom stereocenters. The molecular weight excluding hydrogens is 398 g/mol. The molecule has 1 saturated heterocycles. The fraction of sp³-hybridized carbons (Fsp3) is 0.444. The summed E-state index contributed by atoms with van der Waals surface area (Å²) >= 11 is 1.21. The summed E-state index contributed by atoms with van der Waals surface area (Å²) in [6.07, 6.45) is 4.16. The van der Waals surface area contributed by atoms with Crippen molar-refractivity contribution in [3.63, 3.8) is 0 Å². The molecule has 0 radical (unpaired) electrons. The number of hydrogen-bond acceptors (Lipinski definition) is 9. The lowest BCUT2D eigenvalue weighted by Gasteiger charge is -2.28. The molecule has 4 heterocycles. The molecule has 1 fully saturated rings. The van der Waals surface area contributed by atoms with Gasteiger partial charge in [0, 0.05) is 25.5 Å². The third-order valence-electron chi connectivity index (χ3n) is 4.55. The van der Waals surface area contributed by atoms with Crippen LogP contribution in [-0.2, 0) is 26.7 Å². The number of aryl methyl sites for hydroxylation is 2. The lowest BCUT2D eigenvalue weighted by Crippen LogP contribution is -2.36. The minimum Gasteiger partial charge on any atom is -0.378 e. The first-order valence-corrected chi connectivity index (χ1v) is 11.6. The van der Waals surface area contributed by atoms with Gasteiger partial charge in [0.25, 0.3) is 0 Å². The van der Waals surface area contributed by atoms with Crippen LogP contribution in [0.3, 0.4) is 0 Å². The van der Waals surface area contributed by atoms with Gasteiger partial charge in [-0.25, -0.2) is 28.4 Å². The van der Waals surface area contributed by atoms with E-state index in [0.717, 1.165) is 35.6 Å². The largest absolute Gasteiger partial charge is 0.378 e. The maximum atomic E-state index is 12.9. The van der Waals surface area contributed by atoms with Crippen LogP contribution >= 0.6 is 11.3 Å². The van der Waals surface area contributed by atoms with E-state index < -0.39 is 9.84 Å². The summed E-state index contributed by atoms with van der Waals surface area (Å²) in [6, 6.07) is 1.63. The van der Waals surface area contributed by atoms with Crippen molar-refractivity contribution in [1.82, 2.24) is 19.9 Å². The summed E-state index contributed by atoms with van der Waals surface area (Å²) in [6.45, 7) is 6.53. The lowest BCUT2D eigenvalue weighted by molar-refractivity contribution is 0.122. The van der Waals surface area contributed by atoms with E-state index in [0.29, 0.717) is 30.4 Å². The summed E-state index contributed by atoms with van der Waals surface area (Å²) in [5.41, 5.74) is 1.63. The smallest absolute Gasteiger partial charge is 0.195 e. The highest BCUT2D eigenvalue weighted by Gasteiger charge is 2.24. The minimum atomic E-state index is -3.57.